The third-order valence-corrected chi connectivity index (χ3v) is 5.51. The molecule has 5 rings (SSSR count). The molecule has 3 heteroatoms. The molecule has 1 unspecified atom stereocenters. The SMILES string of the molecule is c1ccc(C2=NN(CNc3cccc4ccccc34)C(c3ccccc3)C2)cc1. The highest BCUT2D eigenvalue weighted by atomic mass is 15.5. The van der Waals surface area contributed by atoms with Crippen LogP contribution in [0.5, 0.6) is 0 Å². The lowest BCUT2D eigenvalue weighted by Gasteiger charge is -2.25. The van der Waals surface area contributed by atoms with Crippen molar-refractivity contribution in [3.63, 3.8) is 0 Å². The fraction of sp³-hybridized carbons (Fsp3) is 0.115. The molecule has 4 aromatic carbocycles. The Kier molecular flexibility index (Phi) is 4.71. The summed E-state index contributed by atoms with van der Waals surface area (Å²) >= 11 is 0. The van der Waals surface area contributed by atoms with Crippen molar-refractivity contribution in [2.45, 2.75) is 12.5 Å². The minimum atomic E-state index is 0.230. The molecule has 0 spiro atoms. The second-order valence-corrected chi connectivity index (χ2v) is 7.34. The molecule has 0 aliphatic carbocycles. The summed E-state index contributed by atoms with van der Waals surface area (Å²) in [4.78, 5) is 0. The van der Waals surface area contributed by atoms with Crippen molar-refractivity contribution in [1.82, 2.24) is 5.01 Å². The number of fused-ring (bicyclic) bond motifs is 1. The third-order valence-electron chi connectivity index (χ3n) is 5.51. The molecule has 0 bridgehead atoms. The molecule has 0 radical (unpaired) electrons. The van der Waals surface area contributed by atoms with Crippen molar-refractivity contribution in [1.29, 1.82) is 0 Å². The van der Waals surface area contributed by atoms with E-state index in [1.807, 2.05) is 6.07 Å². The lowest BCUT2D eigenvalue weighted by molar-refractivity contribution is 0.250. The number of hydrogen-bond acceptors (Lipinski definition) is 3. The highest BCUT2D eigenvalue weighted by molar-refractivity contribution is 6.01. The van der Waals surface area contributed by atoms with Crippen LogP contribution in [0.3, 0.4) is 0 Å². The van der Waals surface area contributed by atoms with Crippen molar-refractivity contribution in [2.75, 3.05) is 12.0 Å². The molecule has 142 valence electrons. The number of hydrogen-bond donors (Lipinski definition) is 1. The monoisotopic (exact) mass is 377 g/mol. The van der Waals surface area contributed by atoms with Crippen molar-refractivity contribution < 1.29 is 0 Å². The fourth-order valence-corrected chi connectivity index (χ4v) is 4.02. The Morgan fingerprint density at radius 3 is 2.28 bits per heavy atom. The number of rotatable bonds is 5. The van der Waals surface area contributed by atoms with E-state index in [2.05, 4.69) is 107 Å². The summed E-state index contributed by atoms with van der Waals surface area (Å²) in [5.41, 5.74) is 4.76. The van der Waals surface area contributed by atoms with Crippen molar-refractivity contribution >= 4 is 22.2 Å². The van der Waals surface area contributed by atoms with Gasteiger partial charge in [-0.2, -0.15) is 5.10 Å². The van der Waals surface area contributed by atoms with E-state index >= 15 is 0 Å². The third kappa shape index (κ3) is 3.59. The van der Waals surface area contributed by atoms with Crippen LogP contribution in [0.15, 0.2) is 108 Å². The molecule has 1 aliphatic rings. The van der Waals surface area contributed by atoms with Crippen LogP contribution < -0.4 is 5.32 Å². The van der Waals surface area contributed by atoms with Gasteiger partial charge in [0.15, 0.2) is 0 Å². The van der Waals surface area contributed by atoms with Gasteiger partial charge in [0.2, 0.25) is 0 Å². The molecule has 0 saturated heterocycles. The average molecular weight is 377 g/mol. The van der Waals surface area contributed by atoms with Gasteiger partial charge in [0.05, 0.1) is 11.8 Å². The minimum absolute atomic E-state index is 0.230. The van der Waals surface area contributed by atoms with E-state index in [1.165, 1.54) is 21.9 Å². The zero-order chi connectivity index (χ0) is 19.5. The molecular formula is C26H23N3. The lowest BCUT2D eigenvalue weighted by atomic mass is 9.99. The second kappa shape index (κ2) is 7.80. The summed E-state index contributed by atoms with van der Waals surface area (Å²) in [6, 6.07) is 36.2. The summed E-state index contributed by atoms with van der Waals surface area (Å²) in [7, 11) is 0. The molecule has 3 nitrogen and oxygen atoms in total. The van der Waals surface area contributed by atoms with Crippen molar-refractivity contribution in [3.8, 4) is 0 Å². The van der Waals surface area contributed by atoms with E-state index in [1.54, 1.807) is 0 Å². The van der Waals surface area contributed by atoms with Crippen LogP contribution in [0.2, 0.25) is 0 Å². The average Bonchev–Trinajstić information content (AvgIpc) is 3.23. The van der Waals surface area contributed by atoms with Crippen LogP contribution in [0.4, 0.5) is 5.69 Å². The maximum atomic E-state index is 5.00. The maximum Gasteiger partial charge on any atom is 0.105 e. The van der Waals surface area contributed by atoms with Gasteiger partial charge in [-0.25, -0.2) is 0 Å². The Hall–Kier alpha value is -3.59. The Balaban J connectivity index is 1.44. The first-order chi connectivity index (χ1) is 14.4. The van der Waals surface area contributed by atoms with Gasteiger partial charge in [0.1, 0.15) is 6.67 Å². The predicted octanol–water partition coefficient (Wildman–Crippen LogP) is 6.06. The summed E-state index contributed by atoms with van der Waals surface area (Å²) in [6.07, 6.45) is 0.908. The van der Waals surface area contributed by atoms with Gasteiger partial charge in [-0.1, -0.05) is 97.1 Å². The highest BCUT2D eigenvalue weighted by Gasteiger charge is 2.28. The van der Waals surface area contributed by atoms with E-state index in [0.29, 0.717) is 6.67 Å². The summed E-state index contributed by atoms with van der Waals surface area (Å²) < 4.78 is 0. The summed E-state index contributed by atoms with van der Waals surface area (Å²) in [6.45, 7) is 0.657. The normalized spacial score (nSPS) is 16.1. The molecule has 1 atom stereocenters. The number of nitrogens with zero attached hydrogens (tertiary/aromatic N) is 2. The highest BCUT2D eigenvalue weighted by Crippen LogP contribution is 2.33. The Morgan fingerprint density at radius 1 is 0.759 bits per heavy atom. The molecule has 0 aromatic heterocycles. The van der Waals surface area contributed by atoms with Gasteiger partial charge >= 0.3 is 0 Å². The van der Waals surface area contributed by atoms with Crippen LogP contribution in [-0.2, 0) is 0 Å². The molecule has 1 N–H and O–H groups in total. The van der Waals surface area contributed by atoms with E-state index < -0.39 is 0 Å². The van der Waals surface area contributed by atoms with Gasteiger partial charge in [0, 0.05) is 17.5 Å². The van der Waals surface area contributed by atoms with Gasteiger partial charge in [0.25, 0.3) is 0 Å². The van der Waals surface area contributed by atoms with Crippen LogP contribution >= 0.6 is 0 Å². The Labute approximate surface area is 171 Å². The largest absolute Gasteiger partial charge is 0.366 e. The molecular weight excluding hydrogens is 354 g/mol. The number of anilines is 1. The minimum Gasteiger partial charge on any atom is -0.366 e. The van der Waals surface area contributed by atoms with Crippen molar-refractivity contribution in [3.05, 3.63) is 114 Å². The maximum absolute atomic E-state index is 5.00. The summed E-state index contributed by atoms with van der Waals surface area (Å²) in [5.74, 6) is 0. The first kappa shape index (κ1) is 17.5. The van der Waals surface area contributed by atoms with Crippen LogP contribution in [0, 0.1) is 0 Å². The first-order valence-electron chi connectivity index (χ1n) is 10.0. The molecule has 0 amide bonds. The first-order valence-corrected chi connectivity index (χ1v) is 10.0. The zero-order valence-electron chi connectivity index (χ0n) is 16.2. The molecule has 0 fully saturated rings. The van der Waals surface area contributed by atoms with Gasteiger partial charge < -0.3 is 5.32 Å². The molecule has 1 aliphatic heterocycles. The Morgan fingerprint density at radius 2 is 1.45 bits per heavy atom. The topological polar surface area (TPSA) is 27.6 Å². The van der Waals surface area contributed by atoms with E-state index in [0.717, 1.165) is 17.8 Å². The van der Waals surface area contributed by atoms with Gasteiger partial charge in [-0.3, -0.25) is 5.01 Å². The standard InChI is InChI=1S/C26H23N3/c1-3-11-21(12-4-1)25-18-26(22-13-5-2-6-14-22)29(28-25)19-27-24-17-9-15-20-10-7-8-16-23(20)24/h1-17,26-27H,18-19H2. The van der Waals surface area contributed by atoms with Crippen LogP contribution in [-0.4, -0.2) is 17.4 Å². The number of hydrazone groups is 1. The summed E-state index contributed by atoms with van der Waals surface area (Å²) in [5, 5.41) is 13.3. The molecule has 29 heavy (non-hydrogen) atoms. The van der Waals surface area contributed by atoms with E-state index in [4.69, 9.17) is 5.10 Å². The zero-order valence-corrected chi connectivity index (χ0v) is 16.2. The molecule has 0 saturated carbocycles. The predicted molar refractivity (Wildman–Crippen MR) is 121 cm³/mol. The van der Waals surface area contributed by atoms with Crippen LogP contribution in [0.25, 0.3) is 10.8 Å². The van der Waals surface area contributed by atoms with Gasteiger partial charge in [-0.15, -0.1) is 0 Å². The second-order valence-electron chi connectivity index (χ2n) is 7.34. The Bertz CT molecular complexity index is 1130. The van der Waals surface area contributed by atoms with Crippen molar-refractivity contribution in [2.24, 2.45) is 5.10 Å². The van der Waals surface area contributed by atoms with Gasteiger partial charge in [-0.05, 0) is 22.6 Å². The van der Waals surface area contributed by atoms with Crippen LogP contribution in [0.1, 0.15) is 23.6 Å². The fourth-order valence-electron chi connectivity index (χ4n) is 4.02. The van der Waals surface area contributed by atoms with E-state index in [9.17, 15) is 0 Å². The molecule has 1 heterocycles. The number of nitrogens with one attached hydrogen (secondary N) is 1. The molecule has 4 aromatic rings. The smallest absolute Gasteiger partial charge is 0.105 e. The van der Waals surface area contributed by atoms with E-state index in [-0.39, 0.29) is 6.04 Å². The number of benzene rings is 4. The quantitative estimate of drug-likeness (QED) is 0.458. The lowest BCUT2D eigenvalue weighted by Crippen LogP contribution is -2.25.